The van der Waals surface area contributed by atoms with E-state index in [-0.39, 0.29) is 5.91 Å². The highest BCUT2D eigenvalue weighted by Gasteiger charge is 2.23. The van der Waals surface area contributed by atoms with Crippen molar-refractivity contribution in [2.75, 3.05) is 7.11 Å². The van der Waals surface area contributed by atoms with E-state index in [1.54, 1.807) is 0 Å². The molecule has 0 radical (unpaired) electrons. The molecule has 0 spiro atoms. The highest BCUT2D eigenvalue weighted by Crippen LogP contribution is 2.27. The van der Waals surface area contributed by atoms with Gasteiger partial charge in [-0.3, -0.25) is 4.79 Å². The monoisotopic (exact) mass is 559 g/mol. The Morgan fingerprint density at radius 3 is 2.27 bits per heavy atom. The maximum atomic E-state index is 13.2. The molecule has 41 heavy (non-hydrogen) atoms. The van der Waals surface area contributed by atoms with Crippen molar-refractivity contribution in [3.05, 3.63) is 136 Å². The second-order valence-electron chi connectivity index (χ2n) is 9.65. The molecule has 0 bridgehead atoms. The molecule has 0 aliphatic rings. The number of carbonyl (C=O) groups excluding carboxylic acids is 2. The minimum atomic E-state index is -0.829. The minimum absolute atomic E-state index is 0.292. The van der Waals surface area contributed by atoms with Gasteiger partial charge in [0.2, 0.25) is 0 Å². The van der Waals surface area contributed by atoms with Gasteiger partial charge in [0.1, 0.15) is 18.4 Å². The molecular formula is C35H29NO4S. The zero-order chi connectivity index (χ0) is 28.6. The molecule has 6 heteroatoms. The number of ether oxygens (including phenoxy) is 2. The molecule has 1 aromatic heterocycles. The summed E-state index contributed by atoms with van der Waals surface area (Å²) in [6.07, 6.45) is 0.292. The van der Waals surface area contributed by atoms with Crippen molar-refractivity contribution in [3.8, 4) is 17.6 Å². The maximum Gasteiger partial charge on any atom is 0.328 e. The van der Waals surface area contributed by atoms with Crippen molar-refractivity contribution in [2.45, 2.75) is 26.0 Å². The summed E-state index contributed by atoms with van der Waals surface area (Å²) in [6, 6.07) is 32.4. The SMILES string of the molecule is COC(=O)C(Cc1ccc(OCc2ccc(C)cc2)cc1)NC(=O)c1cc2cc(C#Cc3ccccc3)ccc2s1. The maximum absolute atomic E-state index is 13.2. The van der Waals surface area contributed by atoms with Gasteiger partial charge in [-0.1, -0.05) is 72.0 Å². The summed E-state index contributed by atoms with van der Waals surface area (Å²) in [5, 5.41) is 3.78. The number of hydrogen-bond donors (Lipinski definition) is 1. The lowest BCUT2D eigenvalue weighted by Crippen LogP contribution is -2.42. The third-order valence-electron chi connectivity index (χ3n) is 6.55. The van der Waals surface area contributed by atoms with E-state index >= 15 is 0 Å². The van der Waals surface area contributed by atoms with Crippen molar-refractivity contribution in [1.29, 1.82) is 0 Å². The number of rotatable bonds is 8. The van der Waals surface area contributed by atoms with Crippen LogP contribution in [0.2, 0.25) is 0 Å². The molecule has 0 saturated heterocycles. The van der Waals surface area contributed by atoms with Gasteiger partial charge < -0.3 is 14.8 Å². The van der Waals surface area contributed by atoms with Crippen molar-refractivity contribution >= 4 is 33.3 Å². The first kappa shape index (κ1) is 27.7. The third-order valence-corrected chi connectivity index (χ3v) is 7.66. The lowest BCUT2D eigenvalue weighted by molar-refractivity contribution is -0.142. The van der Waals surface area contributed by atoms with Crippen LogP contribution in [-0.4, -0.2) is 25.0 Å². The molecule has 1 unspecified atom stereocenters. The average molecular weight is 560 g/mol. The Balaban J connectivity index is 1.23. The molecule has 4 aromatic carbocycles. The molecular weight excluding hydrogens is 530 g/mol. The summed E-state index contributed by atoms with van der Waals surface area (Å²) in [5.74, 6) is 6.24. The van der Waals surface area contributed by atoms with Gasteiger partial charge in [0.25, 0.3) is 5.91 Å². The predicted octanol–water partition coefficient (Wildman–Crippen LogP) is 6.70. The quantitative estimate of drug-likeness (QED) is 0.170. The molecule has 1 atom stereocenters. The Kier molecular flexibility index (Phi) is 8.78. The Hall–Kier alpha value is -4.86. The largest absolute Gasteiger partial charge is 0.489 e. The molecule has 1 N–H and O–H groups in total. The standard InChI is InChI=1S/C35H29NO4S/c1-24-8-10-28(11-9-24)23-40-30-17-14-27(15-18-30)21-31(35(38)39-2)36-34(37)33-22-29-20-26(16-19-32(29)41-33)13-12-25-6-4-3-5-7-25/h3-11,14-20,22,31H,21,23H2,1-2H3,(H,36,37). The minimum Gasteiger partial charge on any atom is -0.489 e. The Labute approximate surface area is 243 Å². The fourth-order valence-electron chi connectivity index (χ4n) is 4.27. The van der Waals surface area contributed by atoms with Crippen LogP contribution in [0.5, 0.6) is 5.75 Å². The van der Waals surface area contributed by atoms with Crippen LogP contribution in [-0.2, 0) is 22.6 Å². The number of esters is 1. The van der Waals surface area contributed by atoms with Gasteiger partial charge in [-0.05, 0) is 72.0 Å². The van der Waals surface area contributed by atoms with Gasteiger partial charge in [0.15, 0.2) is 0 Å². The first-order chi connectivity index (χ1) is 20.0. The van der Waals surface area contributed by atoms with Crippen molar-refractivity contribution < 1.29 is 19.1 Å². The number of amides is 1. The summed E-state index contributed by atoms with van der Waals surface area (Å²) < 4.78 is 11.8. The Morgan fingerprint density at radius 2 is 1.54 bits per heavy atom. The third kappa shape index (κ3) is 7.42. The van der Waals surface area contributed by atoms with Gasteiger partial charge in [0.05, 0.1) is 12.0 Å². The van der Waals surface area contributed by atoms with Gasteiger partial charge in [-0.2, -0.15) is 0 Å². The van der Waals surface area contributed by atoms with Crippen LogP contribution in [0.1, 0.15) is 37.5 Å². The summed E-state index contributed by atoms with van der Waals surface area (Å²) in [7, 11) is 1.32. The van der Waals surface area contributed by atoms with E-state index in [4.69, 9.17) is 9.47 Å². The van der Waals surface area contributed by atoms with Crippen LogP contribution < -0.4 is 10.1 Å². The topological polar surface area (TPSA) is 64.6 Å². The molecule has 0 aliphatic carbocycles. The van der Waals surface area contributed by atoms with Gasteiger partial charge in [0, 0.05) is 22.2 Å². The number of aryl methyl sites for hydroxylation is 1. The van der Waals surface area contributed by atoms with Gasteiger partial charge in [-0.15, -0.1) is 11.3 Å². The summed E-state index contributed by atoms with van der Waals surface area (Å²) in [4.78, 5) is 26.3. The fourth-order valence-corrected chi connectivity index (χ4v) is 5.22. The zero-order valence-corrected chi connectivity index (χ0v) is 23.7. The van der Waals surface area contributed by atoms with Crippen LogP contribution in [0, 0.1) is 18.8 Å². The molecule has 5 nitrogen and oxygen atoms in total. The lowest BCUT2D eigenvalue weighted by atomic mass is 10.1. The first-order valence-electron chi connectivity index (χ1n) is 13.2. The van der Waals surface area contributed by atoms with E-state index < -0.39 is 12.0 Å². The van der Waals surface area contributed by atoms with Crippen LogP contribution in [0.25, 0.3) is 10.1 Å². The van der Waals surface area contributed by atoms with Crippen LogP contribution in [0.3, 0.4) is 0 Å². The van der Waals surface area contributed by atoms with E-state index in [0.29, 0.717) is 17.9 Å². The molecule has 0 aliphatic heterocycles. The van der Waals surface area contributed by atoms with Crippen molar-refractivity contribution in [1.82, 2.24) is 5.32 Å². The average Bonchev–Trinajstić information content (AvgIpc) is 3.44. The molecule has 204 valence electrons. The van der Waals surface area contributed by atoms with Crippen LogP contribution in [0.15, 0.2) is 103 Å². The number of fused-ring (bicyclic) bond motifs is 1. The smallest absolute Gasteiger partial charge is 0.328 e. The predicted molar refractivity (Wildman–Crippen MR) is 163 cm³/mol. The second-order valence-corrected chi connectivity index (χ2v) is 10.7. The van der Waals surface area contributed by atoms with Crippen molar-refractivity contribution in [2.24, 2.45) is 0 Å². The van der Waals surface area contributed by atoms with Gasteiger partial charge >= 0.3 is 5.97 Å². The highest BCUT2D eigenvalue weighted by molar-refractivity contribution is 7.20. The second kappa shape index (κ2) is 13.0. The molecule has 1 heterocycles. The lowest BCUT2D eigenvalue weighted by Gasteiger charge is -2.16. The van der Waals surface area contributed by atoms with Gasteiger partial charge in [-0.25, -0.2) is 4.79 Å². The summed E-state index contributed by atoms with van der Waals surface area (Å²) in [6.45, 7) is 2.52. The normalized spacial score (nSPS) is 11.3. The molecule has 0 saturated carbocycles. The number of thiophene rings is 1. The summed E-state index contributed by atoms with van der Waals surface area (Å²) in [5.41, 5.74) is 4.98. The fraction of sp³-hybridized carbons (Fsp3) is 0.143. The van der Waals surface area contributed by atoms with Crippen molar-refractivity contribution in [3.63, 3.8) is 0 Å². The van der Waals surface area contributed by atoms with Crippen LogP contribution in [0.4, 0.5) is 0 Å². The number of benzene rings is 4. The molecule has 5 aromatic rings. The van der Waals surface area contributed by atoms with E-state index in [2.05, 4.69) is 36.2 Å². The number of nitrogens with one attached hydrogen (secondary N) is 1. The Bertz CT molecular complexity index is 1710. The molecule has 5 rings (SSSR count). The number of hydrogen-bond acceptors (Lipinski definition) is 5. The first-order valence-corrected chi connectivity index (χ1v) is 14.0. The summed E-state index contributed by atoms with van der Waals surface area (Å²) >= 11 is 1.37. The highest BCUT2D eigenvalue weighted by atomic mass is 32.1. The zero-order valence-electron chi connectivity index (χ0n) is 22.8. The van der Waals surface area contributed by atoms with E-state index in [0.717, 1.165) is 38.1 Å². The number of carbonyl (C=O) groups is 2. The van der Waals surface area contributed by atoms with Crippen LogP contribution >= 0.6 is 11.3 Å². The van der Waals surface area contributed by atoms with E-state index in [1.165, 1.54) is 24.0 Å². The molecule has 1 amide bonds. The van der Waals surface area contributed by atoms with E-state index in [9.17, 15) is 9.59 Å². The van der Waals surface area contributed by atoms with E-state index in [1.807, 2.05) is 91.0 Å². The number of methoxy groups -OCH3 is 1. The molecule has 0 fully saturated rings. The Morgan fingerprint density at radius 1 is 0.829 bits per heavy atom.